The maximum atomic E-state index is 13.2. The van der Waals surface area contributed by atoms with Gasteiger partial charge >= 0.3 is 5.97 Å². The van der Waals surface area contributed by atoms with Gasteiger partial charge in [0.2, 0.25) is 5.91 Å². The zero-order valence-corrected chi connectivity index (χ0v) is 13.5. The number of halogens is 1. The van der Waals surface area contributed by atoms with Crippen LogP contribution in [-0.4, -0.2) is 18.5 Å². The molecule has 5 heteroatoms. The normalized spacial score (nSPS) is 11.5. The molecule has 0 aliphatic heterocycles. The predicted molar refractivity (Wildman–Crippen MR) is 90.1 cm³/mol. The van der Waals surface area contributed by atoms with Crippen LogP contribution in [0.3, 0.4) is 0 Å². The van der Waals surface area contributed by atoms with Crippen LogP contribution in [0, 0.1) is 5.82 Å². The van der Waals surface area contributed by atoms with Crippen molar-refractivity contribution >= 4 is 23.1 Å². The highest BCUT2D eigenvalue weighted by Gasteiger charge is 2.21. The molecule has 1 N–H and O–H groups in total. The van der Waals surface area contributed by atoms with E-state index in [1.54, 1.807) is 31.2 Å². The van der Waals surface area contributed by atoms with Gasteiger partial charge in [-0.05, 0) is 42.3 Å². The minimum absolute atomic E-state index is 0.200. The monoisotopic (exact) mass is 327 g/mol. The second-order valence-corrected chi connectivity index (χ2v) is 5.02. The number of hydrogen-bond acceptors (Lipinski definition) is 3. The molecule has 0 aromatic heterocycles. The fraction of sp³-hybridized carbons (Fsp3) is 0.158. The summed E-state index contributed by atoms with van der Waals surface area (Å²) in [6.07, 6.45) is 0. The van der Waals surface area contributed by atoms with Gasteiger partial charge in [0.05, 0.1) is 17.9 Å². The number of carbonyl (C=O) groups is 2. The Labute approximate surface area is 140 Å². The SMILES string of the molecule is CCOC(=O)/C(=C(/NC(C)=O)c1ccc(F)cc1)c1ccccc1. The molecule has 2 rings (SSSR count). The Morgan fingerprint density at radius 1 is 1.00 bits per heavy atom. The molecule has 0 aliphatic rings. The zero-order valence-electron chi connectivity index (χ0n) is 13.5. The van der Waals surface area contributed by atoms with Crippen molar-refractivity contribution in [3.63, 3.8) is 0 Å². The van der Waals surface area contributed by atoms with Crippen LogP contribution >= 0.6 is 0 Å². The Bertz CT molecular complexity index is 752. The van der Waals surface area contributed by atoms with Crippen LogP contribution < -0.4 is 5.32 Å². The van der Waals surface area contributed by atoms with Gasteiger partial charge in [-0.15, -0.1) is 0 Å². The summed E-state index contributed by atoms with van der Waals surface area (Å²) in [6.45, 7) is 3.25. The van der Waals surface area contributed by atoms with Gasteiger partial charge in [0, 0.05) is 6.92 Å². The van der Waals surface area contributed by atoms with E-state index in [1.807, 2.05) is 6.07 Å². The smallest absolute Gasteiger partial charge is 0.340 e. The number of rotatable bonds is 5. The first-order valence-electron chi connectivity index (χ1n) is 7.53. The van der Waals surface area contributed by atoms with Gasteiger partial charge in [-0.25, -0.2) is 9.18 Å². The van der Waals surface area contributed by atoms with Crippen molar-refractivity contribution in [1.29, 1.82) is 0 Å². The molecule has 0 saturated carbocycles. The molecule has 24 heavy (non-hydrogen) atoms. The Balaban J connectivity index is 2.69. The fourth-order valence-corrected chi connectivity index (χ4v) is 2.24. The number of benzene rings is 2. The van der Waals surface area contributed by atoms with Gasteiger partial charge in [0.1, 0.15) is 5.82 Å². The second-order valence-electron chi connectivity index (χ2n) is 5.02. The molecular weight excluding hydrogens is 309 g/mol. The Morgan fingerprint density at radius 3 is 2.17 bits per heavy atom. The summed E-state index contributed by atoms with van der Waals surface area (Å²) in [5.41, 5.74) is 1.62. The van der Waals surface area contributed by atoms with Gasteiger partial charge in [-0.1, -0.05) is 30.3 Å². The lowest BCUT2D eigenvalue weighted by molar-refractivity contribution is -0.136. The number of amides is 1. The predicted octanol–water partition coefficient (Wildman–Crippen LogP) is 3.39. The Morgan fingerprint density at radius 2 is 1.62 bits per heavy atom. The van der Waals surface area contributed by atoms with Crippen molar-refractivity contribution in [3.05, 3.63) is 71.5 Å². The third kappa shape index (κ3) is 4.29. The van der Waals surface area contributed by atoms with E-state index >= 15 is 0 Å². The van der Waals surface area contributed by atoms with Gasteiger partial charge < -0.3 is 10.1 Å². The summed E-state index contributed by atoms with van der Waals surface area (Å²) >= 11 is 0. The maximum Gasteiger partial charge on any atom is 0.340 e. The first-order valence-corrected chi connectivity index (χ1v) is 7.53. The maximum absolute atomic E-state index is 13.2. The fourth-order valence-electron chi connectivity index (χ4n) is 2.24. The van der Waals surface area contributed by atoms with Crippen molar-refractivity contribution in [3.8, 4) is 0 Å². The molecule has 0 saturated heterocycles. The molecule has 1 amide bonds. The van der Waals surface area contributed by atoms with Crippen LogP contribution in [-0.2, 0) is 14.3 Å². The summed E-state index contributed by atoms with van der Waals surface area (Å²) < 4.78 is 18.4. The summed E-state index contributed by atoms with van der Waals surface area (Å²) in [5.74, 6) is -1.30. The number of nitrogens with one attached hydrogen (secondary N) is 1. The molecule has 2 aromatic carbocycles. The molecule has 0 bridgehead atoms. The highest BCUT2D eigenvalue weighted by Crippen LogP contribution is 2.26. The molecule has 0 radical (unpaired) electrons. The summed E-state index contributed by atoms with van der Waals surface area (Å²) in [4.78, 5) is 24.1. The Kier molecular flexibility index (Phi) is 5.84. The summed E-state index contributed by atoms with van der Waals surface area (Å²) in [6, 6.07) is 14.4. The van der Waals surface area contributed by atoms with Crippen LogP contribution in [0.2, 0.25) is 0 Å². The lowest BCUT2D eigenvalue weighted by atomic mass is 9.99. The summed E-state index contributed by atoms with van der Waals surface area (Å²) in [7, 11) is 0. The topological polar surface area (TPSA) is 55.4 Å². The lowest BCUT2D eigenvalue weighted by Crippen LogP contribution is -2.22. The van der Waals surface area contributed by atoms with Crippen molar-refractivity contribution < 1.29 is 18.7 Å². The molecule has 0 aliphatic carbocycles. The van der Waals surface area contributed by atoms with E-state index in [1.165, 1.54) is 31.2 Å². The van der Waals surface area contributed by atoms with E-state index in [0.29, 0.717) is 11.1 Å². The van der Waals surface area contributed by atoms with Crippen LogP contribution in [0.15, 0.2) is 54.6 Å². The van der Waals surface area contributed by atoms with Crippen LogP contribution in [0.25, 0.3) is 11.3 Å². The number of ether oxygens (including phenoxy) is 1. The van der Waals surface area contributed by atoms with Crippen LogP contribution in [0.4, 0.5) is 4.39 Å². The molecular formula is C19H18FNO3. The standard InChI is InChI=1S/C19H18FNO3/c1-3-24-19(23)17(14-7-5-4-6-8-14)18(21-13(2)22)15-9-11-16(20)12-10-15/h4-12H,3H2,1-2H3,(H,21,22)/b18-17+. The van der Waals surface area contributed by atoms with Crippen molar-refractivity contribution in [2.24, 2.45) is 0 Å². The lowest BCUT2D eigenvalue weighted by Gasteiger charge is -2.16. The van der Waals surface area contributed by atoms with E-state index in [0.717, 1.165) is 0 Å². The van der Waals surface area contributed by atoms with Crippen molar-refractivity contribution in [2.45, 2.75) is 13.8 Å². The number of esters is 1. The molecule has 124 valence electrons. The third-order valence-corrected chi connectivity index (χ3v) is 3.23. The highest BCUT2D eigenvalue weighted by atomic mass is 19.1. The highest BCUT2D eigenvalue weighted by molar-refractivity contribution is 6.25. The average Bonchev–Trinajstić information content (AvgIpc) is 2.56. The molecule has 0 fully saturated rings. The minimum atomic E-state index is -0.559. The van der Waals surface area contributed by atoms with Crippen LogP contribution in [0.1, 0.15) is 25.0 Å². The summed E-state index contributed by atoms with van der Waals surface area (Å²) in [5, 5.41) is 2.67. The van der Waals surface area contributed by atoms with E-state index < -0.39 is 11.8 Å². The van der Waals surface area contributed by atoms with Gasteiger partial charge in [0.15, 0.2) is 0 Å². The van der Waals surface area contributed by atoms with Gasteiger partial charge in [-0.2, -0.15) is 0 Å². The largest absolute Gasteiger partial charge is 0.462 e. The van der Waals surface area contributed by atoms with E-state index in [4.69, 9.17) is 4.74 Å². The van der Waals surface area contributed by atoms with Gasteiger partial charge in [-0.3, -0.25) is 4.79 Å². The molecule has 0 spiro atoms. The average molecular weight is 327 g/mol. The molecule has 0 unspecified atom stereocenters. The first kappa shape index (κ1) is 17.4. The zero-order chi connectivity index (χ0) is 17.5. The van der Waals surface area contributed by atoms with E-state index in [2.05, 4.69) is 5.32 Å². The molecule has 0 heterocycles. The molecule has 2 aromatic rings. The van der Waals surface area contributed by atoms with E-state index in [-0.39, 0.29) is 23.8 Å². The third-order valence-electron chi connectivity index (χ3n) is 3.23. The molecule has 4 nitrogen and oxygen atoms in total. The minimum Gasteiger partial charge on any atom is -0.462 e. The number of hydrogen-bond donors (Lipinski definition) is 1. The van der Waals surface area contributed by atoms with Crippen molar-refractivity contribution in [1.82, 2.24) is 5.32 Å². The number of carbonyl (C=O) groups excluding carboxylic acids is 2. The van der Waals surface area contributed by atoms with E-state index in [9.17, 15) is 14.0 Å². The van der Waals surface area contributed by atoms with Gasteiger partial charge in [0.25, 0.3) is 0 Å². The first-order chi connectivity index (χ1) is 11.5. The quantitative estimate of drug-likeness (QED) is 0.520. The Hall–Kier alpha value is -2.95. The second kappa shape index (κ2) is 8.06. The van der Waals surface area contributed by atoms with Crippen molar-refractivity contribution in [2.75, 3.05) is 6.61 Å². The van der Waals surface area contributed by atoms with Crippen LogP contribution in [0.5, 0.6) is 0 Å². The molecule has 0 atom stereocenters.